The summed E-state index contributed by atoms with van der Waals surface area (Å²) in [6, 6.07) is 12.9. The number of amides is 2. The van der Waals surface area contributed by atoms with Crippen LogP contribution in [0.4, 0.5) is 0 Å². The average Bonchev–Trinajstić information content (AvgIpc) is 3.51. The first-order valence-electron chi connectivity index (χ1n) is 9.68. The molecule has 2 amide bonds. The smallest absolute Gasteiger partial charge is 0.276 e. The van der Waals surface area contributed by atoms with E-state index in [4.69, 9.17) is 0 Å². The second-order valence-electron chi connectivity index (χ2n) is 7.11. The Morgan fingerprint density at radius 2 is 1.93 bits per heavy atom. The molecule has 2 heterocycles. The van der Waals surface area contributed by atoms with Crippen molar-refractivity contribution in [1.29, 1.82) is 0 Å². The van der Waals surface area contributed by atoms with Crippen LogP contribution in [-0.2, 0) is 11.3 Å². The van der Waals surface area contributed by atoms with Crippen molar-refractivity contribution in [3.05, 3.63) is 69.4 Å². The molecule has 0 spiro atoms. The van der Waals surface area contributed by atoms with E-state index in [0.29, 0.717) is 6.54 Å². The molecule has 6 nitrogen and oxygen atoms in total. The molecule has 0 bridgehead atoms. The Morgan fingerprint density at radius 1 is 1.14 bits per heavy atom. The predicted octanol–water partition coefficient (Wildman–Crippen LogP) is 4.04. The second-order valence-corrected chi connectivity index (χ2v) is 8.75. The maximum Gasteiger partial charge on any atom is 0.276 e. The van der Waals surface area contributed by atoms with E-state index >= 15 is 0 Å². The van der Waals surface area contributed by atoms with Gasteiger partial charge in [-0.25, -0.2) is 0 Å². The van der Waals surface area contributed by atoms with Gasteiger partial charge >= 0.3 is 0 Å². The molecule has 29 heavy (non-hydrogen) atoms. The van der Waals surface area contributed by atoms with Crippen molar-refractivity contribution in [2.75, 3.05) is 0 Å². The first-order chi connectivity index (χ1) is 14.2. The fourth-order valence-electron chi connectivity index (χ4n) is 3.71. The number of nitrogens with zero attached hydrogens (tertiary/aromatic N) is 3. The van der Waals surface area contributed by atoms with Gasteiger partial charge in [0.1, 0.15) is 6.04 Å². The number of aromatic nitrogens is 2. The number of carbonyl (C=O) groups excluding carboxylic acids is 2. The topological polar surface area (TPSA) is 75.2 Å². The van der Waals surface area contributed by atoms with Crippen LogP contribution < -0.4 is 5.32 Å². The Hall–Kier alpha value is -2.58. The molecule has 150 valence electrons. The van der Waals surface area contributed by atoms with Gasteiger partial charge in [-0.2, -0.15) is 0 Å². The van der Waals surface area contributed by atoms with Crippen molar-refractivity contribution < 1.29 is 9.59 Å². The van der Waals surface area contributed by atoms with Crippen LogP contribution in [0.5, 0.6) is 0 Å². The minimum Gasteiger partial charge on any atom is -0.351 e. The predicted molar refractivity (Wildman–Crippen MR) is 114 cm³/mol. The molecule has 1 aliphatic carbocycles. The Balaban J connectivity index is 1.70. The fraction of sp³-hybridized carbons (Fsp3) is 0.333. The summed E-state index contributed by atoms with van der Waals surface area (Å²) in [5.41, 5.74) is 1.05. The maximum absolute atomic E-state index is 13.4. The second kappa shape index (κ2) is 9.28. The number of carbonyl (C=O) groups is 2. The van der Waals surface area contributed by atoms with Crippen LogP contribution >= 0.6 is 22.9 Å². The zero-order valence-electron chi connectivity index (χ0n) is 15.9. The molecule has 0 unspecified atom stereocenters. The summed E-state index contributed by atoms with van der Waals surface area (Å²) >= 11 is 2.69. The Kier molecular flexibility index (Phi) is 6.31. The van der Waals surface area contributed by atoms with E-state index in [1.54, 1.807) is 21.6 Å². The highest BCUT2D eigenvalue weighted by Crippen LogP contribution is 2.28. The van der Waals surface area contributed by atoms with Gasteiger partial charge in [-0.05, 0) is 41.4 Å². The molecule has 0 saturated heterocycles. The molecular formula is C21H22N4O2S2. The molecule has 2 aromatic heterocycles. The molecule has 0 radical (unpaired) electrons. The van der Waals surface area contributed by atoms with Gasteiger partial charge in [-0.1, -0.05) is 53.7 Å². The van der Waals surface area contributed by atoms with E-state index in [2.05, 4.69) is 14.9 Å². The monoisotopic (exact) mass is 426 g/mol. The number of benzene rings is 1. The minimum absolute atomic E-state index is 0.142. The van der Waals surface area contributed by atoms with E-state index in [0.717, 1.165) is 47.7 Å². The van der Waals surface area contributed by atoms with Gasteiger partial charge in [0.25, 0.3) is 5.91 Å². The summed E-state index contributed by atoms with van der Waals surface area (Å²) in [4.78, 5) is 29.4. The highest BCUT2D eigenvalue weighted by atomic mass is 32.1. The van der Waals surface area contributed by atoms with Crippen molar-refractivity contribution >= 4 is 34.7 Å². The number of hydrogen-bond acceptors (Lipinski definition) is 6. The molecule has 8 heteroatoms. The number of thiophene rings is 1. The van der Waals surface area contributed by atoms with Gasteiger partial charge < -0.3 is 10.2 Å². The minimum atomic E-state index is -0.729. The third-order valence-corrected chi connectivity index (χ3v) is 6.49. The largest absolute Gasteiger partial charge is 0.351 e. The molecule has 1 N–H and O–H groups in total. The van der Waals surface area contributed by atoms with Crippen molar-refractivity contribution in [3.8, 4) is 0 Å². The first-order valence-corrected chi connectivity index (χ1v) is 11.4. The highest BCUT2D eigenvalue weighted by Gasteiger charge is 2.34. The van der Waals surface area contributed by atoms with Crippen molar-refractivity contribution in [2.45, 2.75) is 44.3 Å². The SMILES string of the molecule is O=C(NC1CCCC1)[C@H](c1ccccc1)N(Cc1cccs1)C(=O)c1csnn1. The number of hydrogen-bond donors (Lipinski definition) is 1. The quantitative estimate of drug-likeness (QED) is 0.619. The zero-order valence-corrected chi connectivity index (χ0v) is 17.5. The van der Waals surface area contributed by atoms with Crippen LogP contribution in [0.15, 0.2) is 53.2 Å². The lowest BCUT2D eigenvalue weighted by atomic mass is 10.0. The summed E-state index contributed by atoms with van der Waals surface area (Å²) in [5.74, 6) is -0.432. The summed E-state index contributed by atoms with van der Waals surface area (Å²) < 4.78 is 3.83. The van der Waals surface area contributed by atoms with Crippen LogP contribution in [0.1, 0.15) is 52.7 Å². The molecule has 1 aromatic carbocycles. The molecule has 1 fully saturated rings. The molecule has 1 atom stereocenters. The normalized spacial score (nSPS) is 15.2. The van der Waals surface area contributed by atoms with Gasteiger partial charge in [0, 0.05) is 16.3 Å². The maximum atomic E-state index is 13.4. The summed E-state index contributed by atoms with van der Waals surface area (Å²) in [7, 11) is 0. The molecular weight excluding hydrogens is 404 g/mol. The summed E-state index contributed by atoms with van der Waals surface area (Å²) in [5, 5.41) is 10.7. The van der Waals surface area contributed by atoms with Gasteiger partial charge in [0.15, 0.2) is 5.69 Å². The average molecular weight is 427 g/mol. The van der Waals surface area contributed by atoms with E-state index in [1.165, 1.54) is 0 Å². The van der Waals surface area contributed by atoms with Crippen LogP contribution in [0.3, 0.4) is 0 Å². The molecule has 3 aromatic rings. The van der Waals surface area contributed by atoms with E-state index < -0.39 is 6.04 Å². The zero-order chi connectivity index (χ0) is 20.1. The summed E-state index contributed by atoms with van der Waals surface area (Å²) in [6.45, 7) is 0.339. The molecule has 1 aliphatic rings. The van der Waals surface area contributed by atoms with E-state index in [1.807, 2.05) is 47.8 Å². The van der Waals surface area contributed by atoms with Gasteiger partial charge in [0.05, 0.1) is 6.54 Å². The molecule has 0 aliphatic heterocycles. The van der Waals surface area contributed by atoms with Crippen LogP contribution in [-0.4, -0.2) is 32.3 Å². The van der Waals surface area contributed by atoms with E-state index in [-0.39, 0.29) is 23.6 Å². The lowest BCUT2D eigenvalue weighted by molar-refractivity contribution is -0.126. The van der Waals surface area contributed by atoms with E-state index in [9.17, 15) is 9.59 Å². The summed E-state index contributed by atoms with van der Waals surface area (Å²) in [6.07, 6.45) is 4.23. The number of rotatable bonds is 7. The van der Waals surface area contributed by atoms with Crippen molar-refractivity contribution in [1.82, 2.24) is 19.8 Å². The lowest BCUT2D eigenvalue weighted by Crippen LogP contribution is -2.45. The lowest BCUT2D eigenvalue weighted by Gasteiger charge is -2.31. The van der Waals surface area contributed by atoms with Crippen LogP contribution in [0, 0.1) is 0 Å². The Morgan fingerprint density at radius 3 is 2.59 bits per heavy atom. The van der Waals surface area contributed by atoms with Gasteiger partial charge in [-0.15, -0.1) is 16.4 Å². The van der Waals surface area contributed by atoms with Crippen LogP contribution in [0.25, 0.3) is 0 Å². The third kappa shape index (κ3) is 4.71. The number of nitrogens with one attached hydrogen (secondary N) is 1. The standard InChI is InChI=1S/C21H22N4O2S2/c26-20(22-16-9-4-5-10-16)19(15-7-2-1-3-8-15)25(13-17-11-6-12-28-17)21(27)18-14-29-24-23-18/h1-3,6-8,11-12,14,16,19H,4-5,9-10,13H2,(H,22,26)/t19-/m0/s1. The highest BCUT2D eigenvalue weighted by molar-refractivity contribution is 7.09. The Bertz CT molecular complexity index is 923. The van der Waals surface area contributed by atoms with Gasteiger partial charge in [-0.3, -0.25) is 9.59 Å². The molecule has 1 saturated carbocycles. The molecule has 4 rings (SSSR count). The first kappa shape index (κ1) is 19.7. The van der Waals surface area contributed by atoms with Gasteiger partial charge in [0.2, 0.25) is 5.91 Å². The van der Waals surface area contributed by atoms with Crippen molar-refractivity contribution in [2.24, 2.45) is 0 Å². The van der Waals surface area contributed by atoms with Crippen molar-refractivity contribution in [3.63, 3.8) is 0 Å². The van der Waals surface area contributed by atoms with Crippen LogP contribution in [0.2, 0.25) is 0 Å². The Labute approximate surface area is 177 Å². The fourth-order valence-corrected chi connectivity index (χ4v) is 4.85. The third-order valence-electron chi connectivity index (χ3n) is 5.12.